The summed E-state index contributed by atoms with van der Waals surface area (Å²) < 4.78 is 46.1. The van der Waals surface area contributed by atoms with Crippen molar-refractivity contribution in [3.8, 4) is 11.8 Å². The second kappa shape index (κ2) is 13.6. The smallest absolute Gasteiger partial charge is 0.410 e. The number of benzene rings is 3. The van der Waals surface area contributed by atoms with Crippen molar-refractivity contribution in [2.45, 2.75) is 77.5 Å². The van der Waals surface area contributed by atoms with Crippen molar-refractivity contribution in [2.75, 3.05) is 29.8 Å². The number of amides is 1. The molecule has 11 heteroatoms. The van der Waals surface area contributed by atoms with Crippen LogP contribution >= 0.6 is 0 Å². The molecule has 46 heavy (non-hydrogen) atoms. The fourth-order valence-corrected chi connectivity index (χ4v) is 7.78. The van der Waals surface area contributed by atoms with Gasteiger partial charge in [0, 0.05) is 38.8 Å². The van der Waals surface area contributed by atoms with E-state index in [1.54, 1.807) is 36.1 Å². The van der Waals surface area contributed by atoms with E-state index in [1.807, 2.05) is 51.1 Å². The summed E-state index contributed by atoms with van der Waals surface area (Å²) in [5, 5.41) is 11.2. The van der Waals surface area contributed by atoms with E-state index in [0.717, 1.165) is 21.9 Å². The van der Waals surface area contributed by atoms with Gasteiger partial charge in [-0.15, -0.1) is 0 Å². The van der Waals surface area contributed by atoms with Crippen LogP contribution in [-0.4, -0.2) is 62.5 Å². The van der Waals surface area contributed by atoms with E-state index in [-0.39, 0.29) is 37.4 Å². The molecular weight excluding hydrogens is 606 g/mol. The van der Waals surface area contributed by atoms with E-state index < -0.39 is 27.6 Å². The maximum Gasteiger partial charge on any atom is 0.410 e. The molecule has 0 saturated carbocycles. The molecular formula is C35H41N3O7S. The molecule has 10 nitrogen and oxygen atoms in total. The van der Waals surface area contributed by atoms with Gasteiger partial charge in [-0.05, 0) is 92.4 Å². The Hall–Kier alpha value is -4.30. The highest BCUT2D eigenvalue weighted by Crippen LogP contribution is 2.45. The lowest BCUT2D eigenvalue weighted by atomic mass is 9.98. The maximum absolute atomic E-state index is 13.9. The van der Waals surface area contributed by atoms with E-state index in [0.29, 0.717) is 49.4 Å². The number of hydrogen-bond acceptors (Lipinski definition) is 8. The molecule has 0 radical (unpaired) electrons. The Morgan fingerprint density at radius 1 is 1.00 bits per heavy atom. The number of carbonyl (C=O) groups is 2. The third kappa shape index (κ3) is 7.73. The first-order valence-corrected chi connectivity index (χ1v) is 17.4. The Morgan fingerprint density at radius 3 is 2.43 bits per heavy atom. The van der Waals surface area contributed by atoms with Gasteiger partial charge >= 0.3 is 12.1 Å². The molecule has 0 spiro atoms. The summed E-state index contributed by atoms with van der Waals surface area (Å²) in [7, 11) is -3.83. The van der Waals surface area contributed by atoms with Gasteiger partial charge in [0.15, 0.2) is 0 Å². The first-order valence-electron chi connectivity index (χ1n) is 15.8. The van der Waals surface area contributed by atoms with Crippen LogP contribution in [0.4, 0.5) is 10.5 Å². The lowest BCUT2D eigenvalue weighted by Crippen LogP contribution is -2.44. The number of sulfonamides is 1. The molecule has 3 aromatic rings. The zero-order valence-electron chi connectivity index (χ0n) is 26.8. The first-order chi connectivity index (χ1) is 21.9. The van der Waals surface area contributed by atoms with Crippen molar-refractivity contribution in [2.24, 2.45) is 0 Å². The van der Waals surface area contributed by atoms with E-state index in [9.17, 15) is 23.3 Å². The van der Waals surface area contributed by atoms with Gasteiger partial charge in [0.1, 0.15) is 17.5 Å². The predicted molar refractivity (Wildman–Crippen MR) is 175 cm³/mol. The van der Waals surface area contributed by atoms with Crippen LogP contribution in [0.1, 0.15) is 76.1 Å². The molecule has 244 valence electrons. The van der Waals surface area contributed by atoms with Crippen LogP contribution in [0.15, 0.2) is 54.6 Å². The van der Waals surface area contributed by atoms with Crippen molar-refractivity contribution >= 4 is 38.5 Å². The fourth-order valence-electron chi connectivity index (χ4n) is 6.02. The van der Waals surface area contributed by atoms with Crippen LogP contribution in [0.2, 0.25) is 0 Å². The Morgan fingerprint density at radius 2 is 1.74 bits per heavy atom. The summed E-state index contributed by atoms with van der Waals surface area (Å²) in [4.78, 5) is 26.1. The summed E-state index contributed by atoms with van der Waals surface area (Å²) in [6, 6.07) is 18.4. The van der Waals surface area contributed by atoms with Gasteiger partial charge in [-0.1, -0.05) is 18.2 Å². The molecule has 3 aromatic carbocycles. The van der Waals surface area contributed by atoms with Crippen LogP contribution in [0.25, 0.3) is 10.8 Å². The average molecular weight is 648 g/mol. The molecule has 1 fully saturated rings. The number of hydrogen-bond donors (Lipinski definition) is 0. The number of piperidine rings is 1. The molecule has 1 saturated heterocycles. The largest absolute Gasteiger partial charge is 0.490 e. The predicted octanol–water partition coefficient (Wildman–Crippen LogP) is 6.27. The minimum Gasteiger partial charge on any atom is -0.490 e. The first kappa shape index (κ1) is 33.1. The number of anilines is 1. The zero-order valence-corrected chi connectivity index (χ0v) is 27.6. The van der Waals surface area contributed by atoms with Crippen LogP contribution in [0.3, 0.4) is 0 Å². The van der Waals surface area contributed by atoms with Crippen molar-refractivity contribution in [1.29, 1.82) is 5.26 Å². The van der Waals surface area contributed by atoms with E-state index >= 15 is 0 Å². The normalized spacial score (nSPS) is 17.0. The van der Waals surface area contributed by atoms with Gasteiger partial charge in [0.25, 0.3) is 0 Å². The SMILES string of the molecule is CCOC(=O)CCCS(=O)(=O)N1c2ccc(OC3CCN(C(=O)OC(C)(C)C)CC3)cc2CC1c1ccc2ccc(C#N)cc2c1. The second-order valence-corrected chi connectivity index (χ2v) is 14.7. The molecule has 0 aromatic heterocycles. The van der Waals surface area contributed by atoms with E-state index in [2.05, 4.69) is 6.07 Å². The minimum atomic E-state index is -3.83. The molecule has 1 atom stereocenters. The molecule has 2 heterocycles. The fraction of sp³-hybridized carbons (Fsp3) is 0.457. The number of fused-ring (bicyclic) bond motifs is 2. The number of rotatable bonds is 9. The number of nitrogens with zero attached hydrogens (tertiary/aromatic N) is 3. The van der Waals surface area contributed by atoms with Gasteiger partial charge in [-0.25, -0.2) is 13.2 Å². The minimum absolute atomic E-state index is 0.0187. The van der Waals surface area contributed by atoms with Gasteiger partial charge < -0.3 is 19.1 Å². The molecule has 0 N–H and O–H groups in total. The number of ether oxygens (including phenoxy) is 3. The standard InChI is InChI=1S/C35H41N3O7S/c1-5-43-33(39)7-6-18-46(41,42)38-31-13-12-30(44-29-14-16-37(17-15-29)34(40)45-35(2,3)4)21-28(31)22-32(38)26-11-10-25-9-8-24(23-36)19-27(25)20-26/h8-13,19-21,29,32H,5-7,14-18,22H2,1-4H3. The summed E-state index contributed by atoms with van der Waals surface area (Å²) in [5.41, 5.74) is 2.21. The summed E-state index contributed by atoms with van der Waals surface area (Å²) in [6.07, 6.45) is 1.49. The lowest BCUT2D eigenvalue weighted by molar-refractivity contribution is -0.143. The van der Waals surface area contributed by atoms with Gasteiger partial charge in [0.2, 0.25) is 10.0 Å². The van der Waals surface area contributed by atoms with Crippen LogP contribution < -0.4 is 9.04 Å². The molecule has 0 aliphatic carbocycles. The third-order valence-corrected chi connectivity index (χ3v) is 10.0. The molecule has 5 rings (SSSR count). The topological polar surface area (TPSA) is 126 Å². The Balaban J connectivity index is 1.37. The third-order valence-electron chi connectivity index (χ3n) is 8.15. The van der Waals surface area contributed by atoms with Crippen molar-refractivity contribution in [1.82, 2.24) is 4.90 Å². The van der Waals surface area contributed by atoms with Crippen molar-refractivity contribution in [3.05, 3.63) is 71.3 Å². The summed E-state index contributed by atoms with van der Waals surface area (Å²) in [5.74, 6) is 0.0205. The highest BCUT2D eigenvalue weighted by atomic mass is 32.2. The zero-order chi connectivity index (χ0) is 33.1. The monoisotopic (exact) mass is 647 g/mol. The average Bonchev–Trinajstić information content (AvgIpc) is 3.40. The van der Waals surface area contributed by atoms with Crippen LogP contribution in [0.5, 0.6) is 5.75 Å². The Bertz CT molecular complexity index is 1750. The number of carbonyl (C=O) groups excluding carboxylic acids is 2. The molecule has 2 aliphatic heterocycles. The number of nitriles is 1. The van der Waals surface area contributed by atoms with Gasteiger partial charge in [-0.2, -0.15) is 5.26 Å². The van der Waals surface area contributed by atoms with Gasteiger partial charge in [0.05, 0.1) is 35.7 Å². The van der Waals surface area contributed by atoms with Crippen molar-refractivity contribution in [3.63, 3.8) is 0 Å². The highest BCUT2D eigenvalue weighted by Gasteiger charge is 2.39. The van der Waals surface area contributed by atoms with Crippen molar-refractivity contribution < 1.29 is 32.2 Å². The second-order valence-electron chi connectivity index (χ2n) is 12.7. The quantitative estimate of drug-likeness (QED) is 0.249. The van der Waals surface area contributed by atoms with Crippen LogP contribution in [0, 0.1) is 11.3 Å². The van der Waals surface area contributed by atoms with E-state index in [4.69, 9.17) is 14.2 Å². The lowest BCUT2D eigenvalue weighted by Gasteiger charge is -2.33. The summed E-state index contributed by atoms with van der Waals surface area (Å²) >= 11 is 0. The number of likely N-dealkylation sites (tertiary alicyclic amines) is 1. The van der Waals surface area contributed by atoms with Crippen LogP contribution in [-0.2, 0) is 30.7 Å². The Labute approximate surface area is 270 Å². The van der Waals surface area contributed by atoms with Gasteiger partial charge in [-0.3, -0.25) is 9.10 Å². The van der Waals surface area contributed by atoms with E-state index in [1.165, 1.54) is 4.31 Å². The molecule has 0 bridgehead atoms. The summed E-state index contributed by atoms with van der Waals surface area (Å²) in [6.45, 7) is 8.56. The highest BCUT2D eigenvalue weighted by molar-refractivity contribution is 7.92. The molecule has 1 unspecified atom stereocenters. The molecule has 1 amide bonds. The number of esters is 1. The Kier molecular flexibility index (Phi) is 9.77. The molecule has 2 aliphatic rings. The maximum atomic E-state index is 13.9.